The van der Waals surface area contributed by atoms with Crippen LogP contribution in [0.4, 0.5) is 0 Å². The van der Waals surface area contributed by atoms with Crippen molar-refractivity contribution in [3.05, 3.63) is 83.0 Å². The van der Waals surface area contributed by atoms with E-state index in [1.807, 2.05) is 60.7 Å². The predicted molar refractivity (Wildman–Crippen MR) is 103 cm³/mol. The van der Waals surface area contributed by atoms with E-state index in [2.05, 4.69) is 15.3 Å². The van der Waals surface area contributed by atoms with Crippen LogP contribution in [0.15, 0.2) is 71.7 Å². The lowest BCUT2D eigenvalue weighted by molar-refractivity contribution is 0.868. The fraction of sp³-hybridized carbons (Fsp3) is 0.0526. The zero-order valence-corrected chi connectivity index (χ0v) is 14.8. The first-order valence-electron chi connectivity index (χ1n) is 8.33. The molecule has 27 heavy (non-hydrogen) atoms. The van der Waals surface area contributed by atoms with Crippen LogP contribution in [0.2, 0.25) is 0 Å². The van der Waals surface area contributed by atoms with Crippen LogP contribution in [-0.2, 0) is 5.88 Å². The van der Waals surface area contributed by atoms with Gasteiger partial charge >= 0.3 is 0 Å². The number of fused-ring (bicyclic) bond motifs is 3. The molecule has 0 amide bonds. The van der Waals surface area contributed by atoms with Gasteiger partial charge in [-0.2, -0.15) is 5.10 Å². The molecular weight excluding hydrogens is 364 g/mol. The largest absolute Gasteiger partial charge is 0.270 e. The molecule has 8 heteroatoms. The van der Waals surface area contributed by atoms with Crippen molar-refractivity contribution < 1.29 is 0 Å². The maximum atomic E-state index is 13.3. The Morgan fingerprint density at radius 1 is 0.889 bits per heavy atom. The van der Waals surface area contributed by atoms with Crippen molar-refractivity contribution >= 4 is 28.4 Å². The molecule has 0 fully saturated rings. The molecule has 132 valence electrons. The lowest BCUT2D eigenvalue weighted by Crippen LogP contribution is -2.22. The van der Waals surface area contributed by atoms with Crippen LogP contribution in [0.3, 0.4) is 0 Å². The van der Waals surface area contributed by atoms with Crippen LogP contribution in [0.1, 0.15) is 5.82 Å². The monoisotopic (exact) mass is 376 g/mol. The van der Waals surface area contributed by atoms with Gasteiger partial charge in [0.05, 0.1) is 23.5 Å². The number of alkyl halides is 1. The van der Waals surface area contributed by atoms with Crippen LogP contribution in [0.25, 0.3) is 28.2 Å². The van der Waals surface area contributed by atoms with Crippen molar-refractivity contribution in [3.63, 3.8) is 0 Å². The summed E-state index contributed by atoms with van der Waals surface area (Å²) in [6.45, 7) is 0. The molecule has 0 atom stereocenters. The fourth-order valence-electron chi connectivity index (χ4n) is 3.24. The molecule has 7 nitrogen and oxygen atoms in total. The van der Waals surface area contributed by atoms with Crippen LogP contribution >= 0.6 is 11.6 Å². The van der Waals surface area contributed by atoms with Crippen LogP contribution in [-0.4, -0.2) is 28.9 Å². The number of rotatable bonds is 3. The van der Waals surface area contributed by atoms with Gasteiger partial charge in [-0.3, -0.25) is 4.79 Å². The van der Waals surface area contributed by atoms with Gasteiger partial charge < -0.3 is 0 Å². The van der Waals surface area contributed by atoms with Crippen molar-refractivity contribution in [1.29, 1.82) is 0 Å². The summed E-state index contributed by atoms with van der Waals surface area (Å²) in [6, 6.07) is 18.9. The van der Waals surface area contributed by atoms with Gasteiger partial charge in [-0.25, -0.2) is 13.6 Å². The smallest absolute Gasteiger partial charge is 0.268 e. The number of para-hydroxylation sites is 2. The second-order valence-electron chi connectivity index (χ2n) is 5.99. The first-order valence-corrected chi connectivity index (χ1v) is 8.86. The van der Waals surface area contributed by atoms with Crippen molar-refractivity contribution in [2.45, 2.75) is 5.88 Å². The molecule has 0 unspecified atom stereocenters. The summed E-state index contributed by atoms with van der Waals surface area (Å²) in [4.78, 5) is 13.3. The first-order chi connectivity index (χ1) is 13.3. The number of aromatic nitrogens is 6. The molecule has 5 aromatic rings. The molecule has 5 rings (SSSR count). The molecule has 0 aliphatic carbocycles. The molecule has 0 aliphatic rings. The highest BCUT2D eigenvalue weighted by atomic mass is 35.5. The number of hydrogen-bond donors (Lipinski definition) is 0. The quantitative estimate of drug-likeness (QED) is 0.454. The van der Waals surface area contributed by atoms with Gasteiger partial charge in [-0.1, -0.05) is 36.4 Å². The summed E-state index contributed by atoms with van der Waals surface area (Å²) in [5.41, 5.74) is 1.92. The predicted octanol–water partition coefficient (Wildman–Crippen LogP) is 2.96. The first kappa shape index (κ1) is 15.8. The molecule has 0 N–H and O–H groups in total. The maximum absolute atomic E-state index is 13.3. The third-order valence-corrected chi connectivity index (χ3v) is 4.68. The minimum atomic E-state index is -0.209. The summed E-state index contributed by atoms with van der Waals surface area (Å²) in [6.07, 6.45) is 1.57. The lowest BCUT2D eigenvalue weighted by Gasteiger charge is -2.11. The fourth-order valence-corrected chi connectivity index (χ4v) is 3.42. The van der Waals surface area contributed by atoms with E-state index in [9.17, 15) is 4.79 Å². The molecule has 0 saturated heterocycles. The third kappa shape index (κ3) is 2.29. The molecule has 0 spiro atoms. The zero-order chi connectivity index (χ0) is 18.4. The van der Waals surface area contributed by atoms with Gasteiger partial charge in [0.1, 0.15) is 5.39 Å². The van der Waals surface area contributed by atoms with E-state index in [0.717, 1.165) is 5.69 Å². The van der Waals surface area contributed by atoms with Crippen molar-refractivity contribution in [1.82, 2.24) is 28.9 Å². The Bertz CT molecular complexity index is 1320. The van der Waals surface area contributed by atoms with E-state index in [-0.39, 0.29) is 11.4 Å². The van der Waals surface area contributed by atoms with E-state index < -0.39 is 0 Å². The van der Waals surface area contributed by atoms with Gasteiger partial charge in [-0.05, 0) is 24.3 Å². The highest BCUT2D eigenvalue weighted by Crippen LogP contribution is 2.21. The molecule has 3 aromatic heterocycles. The van der Waals surface area contributed by atoms with E-state index in [1.165, 1.54) is 4.57 Å². The highest BCUT2D eigenvalue weighted by molar-refractivity contribution is 6.16. The second-order valence-corrected chi connectivity index (χ2v) is 6.26. The van der Waals surface area contributed by atoms with Crippen LogP contribution in [0, 0.1) is 0 Å². The van der Waals surface area contributed by atoms with Crippen LogP contribution < -0.4 is 5.56 Å². The number of nitrogens with zero attached hydrogens (tertiary/aromatic N) is 6. The SMILES string of the molecule is O=c1c2cnn(-c3ccccc3)c2n2c(CCl)nnc2n1-c1ccccc1. The molecule has 0 saturated carbocycles. The Morgan fingerprint density at radius 2 is 1.56 bits per heavy atom. The van der Waals surface area contributed by atoms with E-state index in [0.29, 0.717) is 28.3 Å². The molecule has 0 bridgehead atoms. The van der Waals surface area contributed by atoms with E-state index in [1.54, 1.807) is 15.3 Å². The van der Waals surface area contributed by atoms with Gasteiger partial charge in [0.15, 0.2) is 11.5 Å². The van der Waals surface area contributed by atoms with Gasteiger partial charge in [-0.15, -0.1) is 21.8 Å². The highest BCUT2D eigenvalue weighted by Gasteiger charge is 2.21. The zero-order valence-electron chi connectivity index (χ0n) is 14.0. The third-order valence-electron chi connectivity index (χ3n) is 4.44. The summed E-state index contributed by atoms with van der Waals surface area (Å²) < 4.78 is 5.03. The minimum Gasteiger partial charge on any atom is -0.268 e. The lowest BCUT2D eigenvalue weighted by atomic mass is 10.3. The minimum absolute atomic E-state index is 0.156. The summed E-state index contributed by atoms with van der Waals surface area (Å²) in [7, 11) is 0. The molecule has 0 radical (unpaired) electrons. The number of hydrogen-bond acceptors (Lipinski definition) is 4. The van der Waals surface area contributed by atoms with Crippen molar-refractivity contribution in [2.75, 3.05) is 0 Å². The topological polar surface area (TPSA) is 70.0 Å². The van der Waals surface area contributed by atoms with Gasteiger partial charge in [0.25, 0.3) is 5.56 Å². The van der Waals surface area contributed by atoms with Gasteiger partial charge in [0.2, 0.25) is 5.78 Å². The average Bonchev–Trinajstić information content (AvgIpc) is 3.34. The van der Waals surface area contributed by atoms with Gasteiger partial charge in [0, 0.05) is 0 Å². The Morgan fingerprint density at radius 3 is 2.22 bits per heavy atom. The standard InChI is InChI=1S/C19H13ClN6O/c20-11-16-22-23-19-24(13-7-3-1-4-8-13)18(27)15-12-21-26(17(15)25(16)19)14-9-5-2-6-10-14/h1-10,12H,11H2. The van der Waals surface area contributed by atoms with E-state index in [4.69, 9.17) is 11.6 Å². The molecule has 2 aromatic carbocycles. The molecule has 0 aliphatic heterocycles. The van der Waals surface area contributed by atoms with E-state index >= 15 is 0 Å². The normalized spacial score (nSPS) is 11.4. The Hall–Kier alpha value is -3.45. The Kier molecular flexibility index (Phi) is 3.54. The number of halogens is 1. The summed E-state index contributed by atoms with van der Waals surface area (Å²) in [5.74, 6) is 1.09. The number of benzene rings is 2. The second kappa shape index (κ2) is 6.07. The summed E-state index contributed by atoms with van der Waals surface area (Å²) in [5, 5.41) is 13.3. The van der Waals surface area contributed by atoms with Crippen molar-refractivity contribution in [3.8, 4) is 11.4 Å². The Balaban J connectivity index is 1.98. The maximum Gasteiger partial charge on any atom is 0.270 e. The molecular formula is C19H13ClN6O. The summed E-state index contributed by atoms with van der Waals surface area (Å²) >= 11 is 6.11. The van der Waals surface area contributed by atoms with Crippen molar-refractivity contribution in [2.24, 2.45) is 0 Å². The Labute approximate surface area is 158 Å². The average molecular weight is 377 g/mol. The molecule has 3 heterocycles. The van der Waals surface area contributed by atoms with Crippen LogP contribution in [0.5, 0.6) is 0 Å².